The first-order valence-electron chi connectivity index (χ1n) is 6.70. The Kier molecular flexibility index (Phi) is 3.88. The molecule has 116 valence electrons. The molecule has 0 saturated carbocycles. The topological polar surface area (TPSA) is 110 Å². The number of para-hydroxylation sites is 1. The van der Waals surface area contributed by atoms with Gasteiger partial charge in [-0.1, -0.05) is 23.4 Å². The number of hydrogen-bond acceptors (Lipinski definition) is 5. The third kappa shape index (κ3) is 3.10. The lowest BCUT2D eigenvalue weighted by atomic mass is 10.2. The number of hydrogen-bond donors (Lipinski definition) is 2. The molecule has 0 atom stereocenters. The number of benzene rings is 1. The first-order valence-corrected chi connectivity index (χ1v) is 6.70. The van der Waals surface area contributed by atoms with Crippen molar-refractivity contribution < 1.29 is 19.1 Å². The first kappa shape index (κ1) is 14.5. The molecule has 0 bridgehead atoms. The van der Waals surface area contributed by atoms with Gasteiger partial charge < -0.3 is 14.8 Å². The van der Waals surface area contributed by atoms with E-state index in [1.165, 1.54) is 10.9 Å². The van der Waals surface area contributed by atoms with Crippen molar-refractivity contribution in [1.82, 2.24) is 15.0 Å². The Bertz CT molecular complexity index is 825. The second-order valence-electron chi connectivity index (χ2n) is 4.64. The van der Waals surface area contributed by atoms with Crippen molar-refractivity contribution in [2.45, 2.75) is 6.54 Å². The van der Waals surface area contributed by atoms with E-state index in [2.05, 4.69) is 15.6 Å². The highest BCUT2D eigenvalue weighted by atomic mass is 16.4. The lowest BCUT2D eigenvalue weighted by Gasteiger charge is -2.06. The summed E-state index contributed by atoms with van der Waals surface area (Å²) < 4.78 is 6.41. The number of rotatable bonds is 5. The maximum atomic E-state index is 12.1. The average Bonchev–Trinajstić information content (AvgIpc) is 3.16. The summed E-state index contributed by atoms with van der Waals surface area (Å²) in [4.78, 5) is 23.4. The monoisotopic (exact) mass is 312 g/mol. The van der Waals surface area contributed by atoms with Gasteiger partial charge in [0.2, 0.25) is 11.6 Å². The summed E-state index contributed by atoms with van der Waals surface area (Å²) in [6.45, 7) is -0.189. The fraction of sp³-hybridized carbons (Fsp3) is 0.0667. The smallest absolute Gasteiger partial charge is 0.358 e. The molecule has 0 unspecified atom stereocenters. The van der Waals surface area contributed by atoms with Crippen LogP contribution in [0, 0.1) is 0 Å². The number of carbonyl (C=O) groups is 2. The van der Waals surface area contributed by atoms with Gasteiger partial charge in [-0.3, -0.25) is 4.79 Å². The van der Waals surface area contributed by atoms with E-state index in [1.54, 1.807) is 36.4 Å². The van der Waals surface area contributed by atoms with Crippen LogP contribution in [0.15, 0.2) is 53.1 Å². The molecule has 1 amide bonds. The zero-order chi connectivity index (χ0) is 16.2. The fourth-order valence-corrected chi connectivity index (χ4v) is 2.08. The fourth-order valence-electron chi connectivity index (χ4n) is 2.08. The standard InChI is InChI=1S/C15H12N4O4/c20-12(16-10-5-2-1-3-6-10)9-19-14(11-7-4-8-23-11)13(15(21)22)17-18-19/h1-8H,9H2,(H,16,20)(H,21,22). The van der Waals surface area contributed by atoms with Crippen molar-refractivity contribution in [3.63, 3.8) is 0 Å². The number of anilines is 1. The Hall–Kier alpha value is -3.42. The van der Waals surface area contributed by atoms with Gasteiger partial charge in [0.15, 0.2) is 5.76 Å². The summed E-state index contributed by atoms with van der Waals surface area (Å²) in [5, 5.41) is 19.2. The lowest BCUT2D eigenvalue weighted by molar-refractivity contribution is -0.116. The molecule has 0 aliphatic rings. The maximum absolute atomic E-state index is 12.1. The normalized spacial score (nSPS) is 10.4. The number of nitrogens with one attached hydrogen (secondary N) is 1. The molecule has 0 aliphatic carbocycles. The van der Waals surface area contributed by atoms with Crippen LogP contribution in [0.1, 0.15) is 10.5 Å². The van der Waals surface area contributed by atoms with Crippen LogP contribution >= 0.6 is 0 Å². The third-order valence-electron chi connectivity index (χ3n) is 3.04. The van der Waals surface area contributed by atoms with Gasteiger partial charge in [0.25, 0.3) is 0 Å². The van der Waals surface area contributed by atoms with E-state index >= 15 is 0 Å². The Morgan fingerprint density at radius 2 is 1.96 bits per heavy atom. The number of furan rings is 1. The quantitative estimate of drug-likeness (QED) is 0.744. The molecule has 2 N–H and O–H groups in total. The summed E-state index contributed by atoms with van der Waals surface area (Å²) in [6.07, 6.45) is 1.41. The first-order chi connectivity index (χ1) is 11.1. The number of aromatic nitrogens is 3. The molecule has 0 saturated heterocycles. The number of amides is 1. The average molecular weight is 312 g/mol. The van der Waals surface area contributed by atoms with Crippen LogP contribution < -0.4 is 5.32 Å². The van der Waals surface area contributed by atoms with Gasteiger partial charge in [-0.15, -0.1) is 5.10 Å². The van der Waals surface area contributed by atoms with Gasteiger partial charge in [-0.2, -0.15) is 0 Å². The summed E-state index contributed by atoms with van der Waals surface area (Å²) in [5.41, 5.74) is 0.508. The van der Waals surface area contributed by atoms with Gasteiger partial charge >= 0.3 is 5.97 Å². The highest BCUT2D eigenvalue weighted by Gasteiger charge is 2.23. The highest BCUT2D eigenvalue weighted by Crippen LogP contribution is 2.22. The van der Waals surface area contributed by atoms with Crippen LogP contribution in [0.25, 0.3) is 11.5 Å². The van der Waals surface area contributed by atoms with E-state index in [9.17, 15) is 14.7 Å². The molecular weight excluding hydrogens is 300 g/mol. The molecule has 3 aromatic rings. The lowest BCUT2D eigenvalue weighted by Crippen LogP contribution is -2.20. The van der Waals surface area contributed by atoms with Crippen LogP contribution in [-0.2, 0) is 11.3 Å². The van der Waals surface area contributed by atoms with Crippen LogP contribution in [0.3, 0.4) is 0 Å². The van der Waals surface area contributed by atoms with Crippen LogP contribution in [0.4, 0.5) is 5.69 Å². The zero-order valence-corrected chi connectivity index (χ0v) is 11.8. The number of carbonyl (C=O) groups excluding carboxylic acids is 1. The maximum Gasteiger partial charge on any atom is 0.358 e. The molecule has 23 heavy (non-hydrogen) atoms. The molecule has 2 aromatic heterocycles. The van der Waals surface area contributed by atoms with Gasteiger partial charge in [0.1, 0.15) is 12.2 Å². The predicted octanol–water partition coefficient (Wildman–Crippen LogP) is 1.88. The highest BCUT2D eigenvalue weighted by molar-refractivity contribution is 5.93. The number of carboxylic acids is 1. The summed E-state index contributed by atoms with van der Waals surface area (Å²) in [5.74, 6) is -1.32. The van der Waals surface area contributed by atoms with E-state index in [-0.39, 0.29) is 29.6 Å². The molecule has 3 rings (SSSR count). The molecule has 8 heteroatoms. The molecule has 0 radical (unpaired) electrons. The number of carboxylic acid groups (broad SMARTS) is 1. The van der Waals surface area contributed by atoms with Crippen molar-refractivity contribution in [3.8, 4) is 11.5 Å². The van der Waals surface area contributed by atoms with Crippen molar-refractivity contribution >= 4 is 17.6 Å². The summed E-state index contributed by atoms with van der Waals surface area (Å²) in [6, 6.07) is 12.1. The number of aromatic carboxylic acids is 1. The van der Waals surface area contributed by atoms with E-state index in [0.29, 0.717) is 5.69 Å². The van der Waals surface area contributed by atoms with E-state index in [1.807, 2.05) is 6.07 Å². The van der Waals surface area contributed by atoms with Crippen LogP contribution in [-0.4, -0.2) is 32.0 Å². The SMILES string of the molecule is O=C(Cn1nnc(C(=O)O)c1-c1ccco1)Nc1ccccc1. The van der Waals surface area contributed by atoms with E-state index < -0.39 is 5.97 Å². The molecule has 8 nitrogen and oxygen atoms in total. The third-order valence-corrected chi connectivity index (χ3v) is 3.04. The molecule has 0 spiro atoms. The minimum atomic E-state index is -1.24. The Morgan fingerprint density at radius 3 is 2.61 bits per heavy atom. The van der Waals surface area contributed by atoms with Crippen LogP contribution in [0.2, 0.25) is 0 Å². The molecular formula is C15H12N4O4. The van der Waals surface area contributed by atoms with Gasteiger partial charge in [-0.25, -0.2) is 9.48 Å². The van der Waals surface area contributed by atoms with Gasteiger partial charge in [0, 0.05) is 5.69 Å². The second-order valence-corrected chi connectivity index (χ2v) is 4.64. The van der Waals surface area contributed by atoms with Crippen molar-refractivity contribution in [2.75, 3.05) is 5.32 Å². The predicted molar refractivity (Wildman–Crippen MR) is 79.8 cm³/mol. The minimum Gasteiger partial charge on any atom is -0.476 e. The van der Waals surface area contributed by atoms with Crippen molar-refractivity contribution in [1.29, 1.82) is 0 Å². The van der Waals surface area contributed by atoms with Gasteiger partial charge in [-0.05, 0) is 24.3 Å². The molecule has 2 heterocycles. The second kappa shape index (κ2) is 6.14. The summed E-state index contributed by atoms with van der Waals surface area (Å²) >= 11 is 0. The van der Waals surface area contributed by atoms with Crippen molar-refractivity contribution in [3.05, 3.63) is 54.4 Å². The minimum absolute atomic E-state index is 0.144. The van der Waals surface area contributed by atoms with E-state index in [4.69, 9.17) is 4.42 Å². The molecule has 0 fully saturated rings. The molecule has 0 aliphatic heterocycles. The molecule has 1 aromatic carbocycles. The summed E-state index contributed by atoms with van der Waals surface area (Å²) in [7, 11) is 0. The zero-order valence-electron chi connectivity index (χ0n) is 11.8. The largest absolute Gasteiger partial charge is 0.476 e. The van der Waals surface area contributed by atoms with Gasteiger partial charge in [0.05, 0.1) is 6.26 Å². The van der Waals surface area contributed by atoms with E-state index in [0.717, 1.165) is 0 Å². The Labute approximate surface area is 130 Å². The number of nitrogens with zero attached hydrogens (tertiary/aromatic N) is 3. The van der Waals surface area contributed by atoms with Crippen LogP contribution in [0.5, 0.6) is 0 Å². The van der Waals surface area contributed by atoms with Crippen molar-refractivity contribution in [2.24, 2.45) is 0 Å². The Balaban J connectivity index is 1.86. The Morgan fingerprint density at radius 1 is 1.17 bits per heavy atom.